The van der Waals surface area contributed by atoms with E-state index in [4.69, 9.17) is 5.73 Å². The predicted molar refractivity (Wildman–Crippen MR) is 70.6 cm³/mol. The second kappa shape index (κ2) is 5.27. The molecule has 2 aromatic rings. The summed E-state index contributed by atoms with van der Waals surface area (Å²) in [7, 11) is 0. The van der Waals surface area contributed by atoms with Crippen molar-refractivity contribution in [1.29, 1.82) is 0 Å². The van der Waals surface area contributed by atoms with Gasteiger partial charge in [0, 0.05) is 23.9 Å². The van der Waals surface area contributed by atoms with Crippen LogP contribution in [0.4, 0.5) is 4.39 Å². The van der Waals surface area contributed by atoms with E-state index < -0.39 is 0 Å². The summed E-state index contributed by atoms with van der Waals surface area (Å²) in [6.07, 6.45) is 3.17. The Kier molecular flexibility index (Phi) is 3.72. The second-order valence-corrected chi connectivity index (χ2v) is 4.96. The van der Waals surface area contributed by atoms with E-state index in [2.05, 4.69) is 4.98 Å². The Hall–Kier alpha value is -1.74. The third-order valence-corrected chi connectivity index (χ3v) is 2.83. The molecule has 0 fully saturated rings. The number of nitrogens with zero attached hydrogens (tertiary/aromatic N) is 1. The minimum Gasteiger partial charge on any atom is -0.325 e. The van der Waals surface area contributed by atoms with Gasteiger partial charge in [-0.3, -0.25) is 4.98 Å². The first kappa shape index (κ1) is 12.7. The molecule has 0 bridgehead atoms. The summed E-state index contributed by atoms with van der Waals surface area (Å²) in [5.41, 5.74) is 7.92. The summed E-state index contributed by atoms with van der Waals surface area (Å²) in [5.74, 6) is -0.220. The lowest BCUT2D eigenvalue weighted by atomic mass is 9.89. The fourth-order valence-electron chi connectivity index (χ4n) is 2.05. The van der Waals surface area contributed by atoms with E-state index in [1.165, 1.54) is 12.1 Å². The first-order valence-electron chi connectivity index (χ1n) is 5.98. The maximum absolute atomic E-state index is 12.8. The van der Waals surface area contributed by atoms with Crippen LogP contribution in [0.5, 0.6) is 0 Å². The third-order valence-electron chi connectivity index (χ3n) is 2.83. The summed E-state index contributed by atoms with van der Waals surface area (Å²) in [6, 6.07) is 12.3. The number of hydrogen-bond donors (Lipinski definition) is 1. The molecule has 2 nitrogen and oxygen atoms in total. The van der Waals surface area contributed by atoms with Gasteiger partial charge in [0.1, 0.15) is 5.82 Å². The van der Waals surface area contributed by atoms with E-state index in [0.717, 1.165) is 11.3 Å². The van der Waals surface area contributed by atoms with E-state index in [0.29, 0.717) is 12.8 Å². The molecule has 1 aromatic carbocycles. The molecular weight excluding hydrogens is 227 g/mol. The molecule has 18 heavy (non-hydrogen) atoms. The summed E-state index contributed by atoms with van der Waals surface area (Å²) < 4.78 is 12.8. The van der Waals surface area contributed by atoms with Crippen molar-refractivity contribution in [2.45, 2.75) is 25.3 Å². The molecule has 1 unspecified atom stereocenters. The number of benzene rings is 1. The van der Waals surface area contributed by atoms with Crippen LogP contribution in [0.25, 0.3) is 0 Å². The minimum atomic E-state index is -0.383. The molecule has 0 aliphatic heterocycles. The molecule has 0 aliphatic rings. The maximum Gasteiger partial charge on any atom is 0.123 e. The molecule has 0 amide bonds. The highest BCUT2D eigenvalue weighted by Crippen LogP contribution is 2.15. The van der Waals surface area contributed by atoms with Crippen LogP contribution >= 0.6 is 0 Å². The summed E-state index contributed by atoms with van der Waals surface area (Å²) in [6.45, 7) is 1.99. The van der Waals surface area contributed by atoms with Gasteiger partial charge in [-0.15, -0.1) is 0 Å². The number of nitrogens with two attached hydrogens (primary N) is 1. The Morgan fingerprint density at radius 3 is 2.44 bits per heavy atom. The molecule has 0 spiro atoms. The van der Waals surface area contributed by atoms with Gasteiger partial charge in [0.15, 0.2) is 0 Å². The lowest BCUT2D eigenvalue weighted by Crippen LogP contribution is -2.41. The molecular formula is C15H17FN2. The molecule has 0 saturated heterocycles. The highest BCUT2D eigenvalue weighted by molar-refractivity contribution is 5.20. The van der Waals surface area contributed by atoms with Crippen molar-refractivity contribution >= 4 is 0 Å². The number of hydrogen-bond acceptors (Lipinski definition) is 2. The van der Waals surface area contributed by atoms with Crippen LogP contribution in [0.15, 0.2) is 48.7 Å². The highest BCUT2D eigenvalue weighted by Gasteiger charge is 2.20. The molecule has 2 rings (SSSR count). The zero-order valence-electron chi connectivity index (χ0n) is 10.4. The fourth-order valence-corrected chi connectivity index (χ4v) is 2.05. The first-order valence-corrected chi connectivity index (χ1v) is 5.98. The van der Waals surface area contributed by atoms with Gasteiger partial charge in [-0.1, -0.05) is 18.2 Å². The monoisotopic (exact) mass is 244 g/mol. The van der Waals surface area contributed by atoms with Crippen molar-refractivity contribution < 1.29 is 4.39 Å². The quantitative estimate of drug-likeness (QED) is 0.898. The van der Waals surface area contributed by atoms with Crippen molar-refractivity contribution in [2.75, 3.05) is 0 Å². The fraction of sp³-hybridized carbons (Fsp3) is 0.267. The average molecular weight is 244 g/mol. The van der Waals surface area contributed by atoms with Crippen molar-refractivity contribution in [2.24, 2.45) is 5.73 Å². The van der Waals surface area contributed by atoms with E-state index in [1.54, 1.807) is 18.3 Å². The number of halogens is 1. The van der Waals surface area contributed by atoms with Crippen molar-refractivity contribution in [3.05, 3.63) is 65.7 Å². The molecule has 1 aromatic heterocycles. The molecule has 2 N–H and O–H groups in total. The molecule has 0 aliphatic carbocycles. The van der Waals surface area contributed by atoms with Gasteiger partial charge in [-0.25, -0.2) is 4.39 Å². The highest BCUT2D eigenvalue weighted by atomic mass is 19.1. The van der Waals surface area contributed by atoms with Crippen molar-refractivity contribution in [1.82, 2.24) is 4.98 Å². The summed E-state index contributed by atoms with van der Waals surface area (Å²) in [4.78, 5) is 4.28. The smallest absolute Gasteiger partial charge is 0.123 e. The van der Waals surface area contributed by atoms with E-state index in [9.17, 15) is 4.39 Å². The standard InChI is InChI=1S/C15H17FN2/c1-15(17,11-14-4-2-3-9-18-14)10-12-5-7-13(16)8-6-12/h2-9H,10-11,17H2,1H3. The normalized spacial score (nSPS) is 14.2. The molecule has 1 heterocycles. The van der Waals surface area contributed by atoms with Gasteiger partial charge in [-0.2, -0.15) is 0 Å². The van der Waals surface area contributed by atoms with Gasteiger partial charge >= 0.3 is 0 Å². The Balaban J connectivity index is 2.05. The van der Waals surface area contributed by atoms with Crippen LogP contribution in [0.3, 0.4) is 0 Å². The Bertz CT molecular complexity index is 492. The van der Waals surface area contributed by atoms with Crippen LogP contribution in [0.1, 0.15) is 18.2 Å². The molecule has 3 heteroatoms. The van der Waals surface area contributed by atoms with Gasteiger partial charge < -0.3 is 5.73 Å². The van der Waals surface area contributed by atoms with Crippen LogP contribution in [0, 0.1) is 5.82 Å². The largest absolute Gasteiger partial charge is 0.325 e. The van der Waals surface area contributed by atoms with Crippen LogP contribution in [0.2, 0.25) is 0 Å². The van der Waals surface area contributed by atoms with Gasteiger partial charge in [0.05, 0.1) is 0 Å². The Labute approximate surface area is 107 Å². The minimum absolute atomic E-state index is 0.220. The summed E-state index contributed by atoms with van der Waals surface area (Å²) in [5, 5.41) is 0. The molecule has 0 saturated carbocycles. The first-order chi connectivity index (χ1) is 8.55. The van der Waals surface area contributed by atoms with Crippen LogP contribution in [-0.2, 0) is 12.8 Å². The van der Waals surface area contributed by atoms with Crippen LogP contribution < -0.4 is 5.73 Å². The zero-order chi connectivity index (χ0) is 13.0. The number of aromatic nitrogens is 1. The van der Waals surface area contributed by atoms with Crippen molar-refractivity contribution in [3.63, 3.8) is 0 Å². The van der Waals surface area contributed by atoms with E-state index in [-0.39, 0.29) is 11.4 Å². The predicted octanol–water partition coefficient (Wildman–Crippen LogP) is 2.72. The lowest BCUT2D eigenvalue weighted by Gasteiger charge is -2.24. The van der Waals surface area contributed by atoms with Gasteiger partial charge in [0.2, 0.25) is 0 Å². The summed E-state index contributed by atoms with van der Waals surface area (Å²) >= 11 is 0. The number of rotatable bonds is 4. The van der Waals surface area contributed by atoms with Gasteiger partial charge in [0.25, 0.3) is 0 Å². The van der Waals surface area contributed by atoms with E-state index >= 15 is 0 Å². The lowest BCUT2D eigenvalue weighted by molar-refractivity contribution is 0.457. The van der Waals surface area contributed by atoms with E-state index in [1.807, 2.05) is 25.1 Å². The SMILES string of the molecule is CC(N)(Cc1ccc(F)cc1)Cc1ccccn1. The molecule has 94 valence electrons. The zero-order valence-corrected chi connectivity index (χ0v) is 10.4. The number of pyridine rings is 1. The molecule has 1 atom stereocenters. The Morgan fingerprint density at radius 2 is 1.83 bits per heavy atom. The third kappa shape index (κ3) is 3.64. The maximum atomic E-state index is 12.8. The second-order valence-electron chi connectivity index (χ2n) is 4.96. The van der Waals surface area contributed by atoms with Crippen LogP contribution in [-0.4, -0.2) is 10.5 Å². The molecule has 0 radical (unpaired) electrons. The topological polar surface area (TPSA) is 38.9 Å². The van der Waals surface area contributed by atoms with Crippen molar-refractivity contribution in [3.8, 4) is 0 Å². The Morgan fingerprint density at radius 1 is 1.11 bits per heavy atom. The van der Waals surface area contributed by atoms with Gasteiger partial charge in [-0.05, 0) is 43.2 Å². The average Bonchev–Trinajstić information content (AvgIpc) is 2.32.